The van der Waals surface area contributed by atoms with Gasteiger partial charge in [0.1, 0.15) is 5.69 Å². The Hall–Kier alpha value is -4.06. The molecular weight excluding hydrogens is 354 g/mol. The molecule has 0 saturated heterocycles. The summed E-state index contributed by atoms with van der Waals surface area (Å²) in [5.41, 5.74) is 2.94. The second-order valence-corrected chi connectivity index (χ2v) is 6.17. The Morgan fingerprint density at radius 3 is 2.07 bits per heavy atom. The molecule has 3 aromatic carbocycles. The fourth-order valence-electron chi connectivity index (χ4n) is 2.95. The first-order valence-corrected chi connectivity index (χ1v) is 8.63. The van der Waals surface area contributed by atoms with Crippen molar-refractivity contribution in [2.75, 3.05) is 0 Å². The monoisotopic (exact) mass is 369 g/mol. The van der Waals surface area contributed by atoms with E-state index in [9.17, 15) is 14.9 Å². The van der Waals surface area contributed by atoms with Gasteiger partial charge in [-0.05, 0) is 29.8 Å². The van der Waals surface area contributed by atoms with Gasteiger partial charge < -0.3 is 0 Å². The lowest BCUT2D eigenvalue weighted by molar-refractivity contribution is -0.384. The number of nitro benzene ring substituents is 1. The van der Waals surface area contributed by atoms with Gasteiger partial charge in [0.15, 0.2) is 0 Å². The van der Waals surface area contributed by atoms with Crippen LogP contribution in [-0.4, -0.2) is 20.5 Å². The van der Waals surface area contributed by atoms with Crippen LogP contribution in [0, 0.1) is 10.1 Å². The lowest BCUT2D eigenvalue weighted by Gasteiger charge is -2.02. The summed E-state index contributed by atoms with van der Waals surface area (Å²) in [6.07, 6.45) is 1.77. The summed E-state index contributed by atoms with van der Waals surface area (Å²) in [6, 6.07) is 24.5. The van der Waals surface area contributed by atoms with Gasteiger partial charge in [0.25, 0.3) is 5.69 Å². The van der Waals surface area contributed by atoms with E-state index in [1.807, 2.05) is 36.4 Å². The van der Waals surface area contributed by atoms with Gasteiger partial charge in [-0.25, -0.2) is 4.68 Å². The lowest BCUT2D eigenvalue weighted by Crippen LogP contribution is -2.05. The topological polar surface area (TPSA) is 78.0 Å². The quantitative estimate of drug-likeness (QED) is 0.291. The van der Waals surface area contributed by atoms with Crippen molar-refractivity contribution in [2.45, 2.75) is 0 Å². The van der Waals surface area contributed by atoms with Gasteiger partial charge in [-0.1, -0.05) is 48.5 Å². The molecule has 4 aromatic rings. The van der Waals surface area contributed by atoms with Gasteiger partial charge >= 0.3 is 0 Å². The van der Waals surface area contributed by atoms with Crippen molar-refractivity contribution < 1.29 is 9.72 Å². The van der Waals surface area contributed by atoms with Crippen LogP contribution in [0.5, 0.6) is 0 Å². The third-order valence-corrected chi connectivity index (χ3v) is 4.38. The molecule has 0 radical (unpaired) electrons. The first-order chi connectivity index (χ1) is 13.6. The molecule has 0 atom stereocenters. The van der Waals surface area contributed by atoms with Crippen LogP contribution < -0.4 is 0 Å². The molecule has 0 amide bonds. The van der Waals surface area contributed by atoms with Crippen LogP contribution in [0.15, 0.2) is 91.1 Å². The van der Waals surface area contributed by atoms with E-state index in [1.165, 1.54) is 12.1 Å². The fourth-order valence-corrected chi connectivity index (χ4v) is 2.95. The number of benzene rings is 3. The highest BCUT2D eigenvalue weighted by Crippen LogP contribution is 2.28. The molecule has 6 heteroatoms. The maximum absolute atomic E-state index is 13.1. The number of hydrogen-bond acceptors (Lipinski definition) is 4. The van der Waals surface area contributed by atoms with Crippen molar-refractivity contribution in [3.8, 4) is 16.8 Å². The third-order valence-electron chi connectivity index (χ3n) is 4.38. The first kappa shape index (κ1) is 17.4. The summed E-state index contributed by atoms with van der Waals surface area (Å²) in [7, 11) is 0. The minimum atomic E-state index is -0.451. The van der Waals surface area contributed by atoms with Crippen LogP contribution in [0.1, 0.15) is 16.1 Å². The van der Waals surface area contributed by atoms with Crippen LogP contribution in [0.3, 0.4) is 0 Å². The molecule has 0 saturated carbocycles. The summed E-state index contributed by atoms with van der Waals surface area (Å²) in [4.78, 5) is 23.6. The van der Waals surface area contributed by atoms with Crippen LogP contribution >= 0.6 is 0 Å². The van der Waals surface area contributed by atoms with Crippen LogP contribution in [-0.2, 0) is 0 Å². The minimum absolute atomic E-state index is 0.00450. The highest BCUT2D eigenvalue weighted by molar-refractivity contribution is 6.11. The number of non-ortho nitro benzene ring substituents is 1. The normalized spacial score (nSPS) is 10.6. The molecule has 0 aliphatic heterocycles. The Balaban J connectivity index is 1.84. The first-order valence-electron chi connectivity index (χ1n) is 8.63. The number of aromatic nitrogens is 2. The summed E-state index contributed by atoms with van der Waals surface area (Å²) >= 11 is 0. The average molecular weight is 369 g/mol. The predicted molar refractivity (Wildman–Crippen MR) is 106 cm³/mol. The summed E-state index contributed by atoms with van der Waals surface area (Å²) in [6.45, 7) is 0. The number of carbonyl (C=O) groups excluding carboxylic acids is 1. The Labute approximate surface area is 160 Å². The Kier molecular flexibility index (Phi) is 4.51. The Morgan fingerprint density at radius 2 is 1.46 bits per heavy atom. The molecular formula is C22H15N3O3. The molecule has 0 spiro atoms. The maximum atomic E-state index is 13.1. The number of ketones is 1. The van der Waals surface area contributed by atoms with E-state index in [1.54, 1.807) is 47.3 Å². The molecule has 0 unspecified atom stereocenters. The van der Waals surface area contributed by atoms with E-state index in [0.29, 0.717) is 22.4 Å². The predicted octanol–water partition coefficient (Wildman–Crippen LogP) is 4.68. The number of nitrogens with zero attached hydrogens (tertiary/aromatic N) is 3. The molecule has 28 heavy (non-hydrogen) atoms. The second kappa shape index (κ2) is 7.28. The van der Waals surface area contributed by atoms with Crippen LogP contribution in [0.4, 0.5) is 5.69 Å². The zero-order chi connectivity index (χ0) is 19.5. The van der Waals surface area contributed by atoms with Crippen LogP contribution in [0.2, 0.25) is 0 Å². The van der Waals surface area contributed by atoms with E-state index in [4.69, 9.17) is 0 Å². The number of hydrogen-bond donors (Lipinski definition) is 0. The van der Waals surface area contributed by atoms with Crippen molar-refractivity contribution in [1.29, 1.82) is 0 Å². The largest absolute Gasteiger partial charge is 0.287 e. The molecule has 0 N–H and O–H groups in total. The van der Waals surface area contributed by atoms with E-state index in [-0.39, 0.29) is 11.5 Å². The summed E-state index contributed by atoms with van der Waals surface area (Å²) < 4.78 is 1.65. The van der Waals surface area contributed by atoms with Crippen molar-refractivity contribution in [3.63, 3.8) is 0 Å². The molecule has 0 aliphatic carbocycles. The van der Waals surface area contributed by atoms with Crippen molar-refractivity contribution in [3.05, 3.63) is 112 Å². The molecule has 136 valence electrons. The summed E-state index contributed by atoms with van der Waals surface area (Å²) in [5, 5.41) is 15.5. The zero-order valence-electron chi connectivity index (χ0n) is 14.7. The SMILES string of the molecule is O=C(c1ccccc1)c1nn(-c2ccccc2)cc1-c1ccc([N+](=O)[O-])cc1. The van der Waals surface area contributed by atoms with Gasteiger partial charge in [0.05, 0.1) is 10.6 Å². The van der Waals surface area contributed by atoms with E-state index in [0.717, 1.165) is 5.69 Å². The molecule has 0 aliphatic rings. The molecule has 4 rings (SSSR count). The van der Waals surface area contributed by atoms with Gasteiger partial charge in [-0.2, -0.15) is 5.10 Å². The molecule has 6 nitrogen and oxygen atoms in total. The Morgan fingerprint density at radius 1 is 0.857 bits per heavy atom. The average Bonchev–Trinajstić information content (AvgIpc) is 3.20. The molecule has 1 heterocycles. The summed E-state index contributed by atoms with van der Waals surface area (Å²) in [5.74, 6) is -0.205. The van der Waals surface area contributed by atoms with Crippen molar-refractivity contribution in [2.24, 2.45) is 0 Å². The second-order valence-electron chi connectivity index (χ2n) is 6.17. The van der Waals surface area contributed by atoms with Gasteiger partial charge in [0, 0.05) is 29.5 Å². The number of carbonyl (C=O) groups is 1. The number of para-hydroxylation sites is 1. The highest BCUT2D eigenvalue weighted by Gasteiger charge is 2.20. The van der Waals surface area contributed by atoms with Crippen molar-refractivity contribution >= 4 is 11.5 Å². The van der Waals surface area contributed by atoms with E-state index >= 15 is 0 Å². The smallest absolute Gasteiger partial charge is 0.269 e. The lowest BCUT2D eigenvalue weighted by atomic mass is 10.0. The number of nitro groups is 1. The maximum Gasteiger partial charge on any atom is 0.269 e. The number of rotatable bonds is 5. The minimum Gasteiger partial charge on any atom is -0.287 e. The third kappa shape index (κ3) is 3.31. The highest BCUT2D eigenvalue weighted by atomic mass is 16.6. The standard InChI is InChI=1S/C22H15N3O3/c26-22(17-7-3-1-4-8-17)21-20(16-11-13-19(14-12-16)25(27)28)15-24(23-21)18-9-5-2-6-10-18/h1-15H. The van der Waals surface area contributed by atoms with Gasteiger partial charge in [0.2, 0.25) is 5.78 Å². The van der Waals surface area contributed by atoms with Crippen molar-refractivity contribution in [1.82, 2.24) is 9.78 Å². The van der Waals surface area contributed by atoms with Crippen LogP contribution in [0.25, 0.3) is 16.8 Å². The van der Waals surface area contributed by atoms with E-state index in [2.05, 4.69) is 5.10 Å². The fraction of sp³-hybridized carbons (Fsp3) is 0. The van der Waals surface area contributed by atoms with Gasteiger partial charge in [-0.3, -0.25) is 14.9 Å². The van der Waals surface area contributed by atoms with E-state index < -0.39 is 4.92 Å². The Bertz CT molecular complexity index is 1130. The van der Waals surface area contributed by atoms with Gasteiger partial charge in [-0.15, -0.1) is 0 Å². The molecule has 0 bridgehead atoms. The molecule has 0 fully saturated rings. The zero-order valence-corrected chi connectivity index (χ0v) is 14.7. The molecule has 1 aromatic heterocycles.